The molecule has 8 heteroatoms. The van der Waals surface area contributed by atoms with Gasteiger partial charge in [0.05, 0.1) is 4.92 Å². The van der Waals surface area contributed by atoms with E-state index in [1.807, 2.05) is 11.8 Å². The average molecular weight is 266 g/mol. The second kappa shape index (κ2) is 5.79. The van der Waals surface area contributed by atoms with Gasteiger partial charge in [-0.25, -0.2) is 10.8 Å². The molecule has 1 aromatic heterocycles. The van der Waals surface area contributed by atoms with Crippen LogP contribution < -0.4 is 16.2 Å². The van der Waals surface area contributed by atoms with E-state index in [-0.39, 0.29) is 11.6 Å². The van der Waals surface area contributed by atoms with E-state index in [4.69, 9.17) is 5.84 Å². The molecule has 1 saturated carbocycles. The first-order valence-corrected chi connectivity index (χ1v) is 6.38. The number of nitrogens with zero attached hydrogens (tertiary/aromatic N) is 4. The maximum atomic E-state index is 11.1. The molecule has 0 saturated heterocycles. The minimum Gasteiger partial charge on any atom is -0.351 e. The number of nitrogens with one attached hydrogen (secondary N) is 1. The van der Waals surface area contributed by atoms with Crippen molar-refractivity contribution >= 4 is 17.5 Å². The number of aromatic nitrogens is 2. The van der Waals surface area contributed by atoms with E-state index in [2.05, 4.69) is 15.4 Å². The SMILES string of the molecule is CCN(CC1CCC1)c1nc(NN)ncc1[N+](=O)[O-]. The van der Waals surface area contributed by atoms with Gasteiger partial charge in [0, 0.05) is 13.1 Å². The molecule has 1 aromatic rings. The Morgan fingerprint density at radius 2 is 2.37 bits per heavy atom. The highest BCUT2D eigenvalue weighted by atomic mass is 16.6. The van der Waals surface area contributed by atoms with Gasteiger partial charge in [-0.05, 0) is 25.7 Å². The van der Waals surface area contributed by atoms with Crippen LogP contribution >= 0.6 is 0 Å². The molecular formula is C11H18N6O2. The summed E-state index contributed by atoms with van der Waals surface area (Å²) in [5.41, 5.74) is 2.24. The van der Waals surface area contributed by atoms with Gasteiger partial charge in [0.25, 0.3) is 0 Å². The van der Waals surface area contributed by atoms with Crippen molar-refractivity contribution in [3.05, 3.63) is 16.3 Å². The van der Waals surface area contributed by atoms with Gasteiger partial charge in [0.15, 0.2) is 0 Å². The highest BCUT2D eigenvalue weighted by Gasteiger charge is 2.26. The fourth-order valence-corrected chi connectivity index (χ4v) is 2.15. The quantitative estimate of drug-likeness (QED) is 0.453. The maximum absolute atomic E-state index is 11.1. The molecular weight excluding hydrogens is 248 g/mol. The third kappa shape index (κ3) is 2.90. The molecule has 19 heavy (non-hydrogen) atoms. The molecule has 0 bridgehead atoms. The van der Waals surface area contributed by atoms with Crippen molar-refractivity contribution in [1.82, 2.24) is 9.97 Å². The van der Waals surface area contributed by atoms with Crippen molar-refractivity contribution in [2.75, 3.05) is 23.4 Å². The van der Waals surface area contributed by atoms with E-state index in [0.717, 1.165) is 6.54 Å². The molecule has 0 atom stereocenters. The Morgan fingerprint density at radius 3 is 2.84 bits per heavy atom. The van der Waals surface area contributed by atoms with Gasteiger partial charge in [-0.1, -0.05) is 6.42 Å². The lowest BCUT2D eigenvalue weighted by Crippen LogP contribution is -2.33. The van der Waals surface area contributed by atoms with Gasteiger partial charge in [-0.15, -0.1) is 0 Å². The summed E-state index contributed by atoms with van der Waals surface area (Å²) in [5, 5.41) is 11.1. The standard InChI is InChI=1S/C11H18N6O2/c1-2-16(7-8-4-3-5-8)10-9(17(18)19)6-13-11(14-10)15-12/h6,8H,2-5,7,12H2,1H3,(H,13,14,15). The van der Waals surface area contributed by atoms with Crippen LogP contribution in [-0.4, -0.2) is 28.0 Å². The summed E-state index contributed by atoms with van der Waals surface area (Å²) in [6.07, 6.45) is 4.79. The zero-order chi connectivity index (χ0) is 13.8. The summed E-state index contributed by atoms with van der Waals surface area (Å²) < 4.78 is 0. The number of hydrogen-bond acceptors (Lipinski definition) is 7. The molecule has 2 rings (SSSR count). The van der Waals surface area contributed by atoms with Crippen molar-refractivity contribution in [3.63, 3.8) is 0 Å². The zero-order valence-corrected chi connectivity index (χ0v) is 10.9. The lowest BCUT2D eigenvalue weighted by atomic mass is 9.85. The van der Waals surface area contributed by atoms with Gasteiger partial charge in [0.2, 0.25) is 11.8 Å². The summed E-state index contributed by atoms with van der Waals surface area (Å²) in [4.78, 5) is 20.4. The normalized spacial score (nSPS) is 14.8. The molecule has 3 N–H and O–H groups in total. The Bertz CT molecular complexity index is 462. The highest BCUT2D eigenvalue weighted by molar-refractivity contribution is 5.58. The van der Waals surface area contributed by atoms with E-state index < -0.39 is 4.92 Å². The molecule has 8 nitrogen and oxygen atoms in total. The summed E-state index contributed by atoms with van der Waals surface area (Å²) in [7, 11) is 0. The fourth-order valence-electron chi connectivity index (χ4n) is 2.15. The molecule has 0 aliphatic heterocycles. The third-order valence-electron chi connectivity index (χ3n) is 3.46. The number of nitrogen functional groups attached to an aromatic ring is 1. The van der Waals surface area contributed by atoms with E-state index in [0.29, 0.717) is 18.3 Å². The highest BCUT2D eigenvalue weighted by Crippen LogP contribution is 2.31. The maximum Gasteiger partial charge on any atom is 0.329 e. The van der Waals surface area contributed by atoms with Gasteiger partial charge < -0.3 is 4.90 Å². The van der Waals surface area contributed by atoms with Crippen molar-refractivity contribution in [3.8, 4) is 0 Å². The smallest absolute Gasteiger partial charge is 0.329 e. The van der Waals surface area contributed by atoms with E-state index in [1.54, 1.807) is 0 Å². The minimum atomic E-state index is -0.459. The van der Waals surface area contributed by atoms with Gasteiger partial charge in [-0.2, -0.15) is 4.98 Å². The Kier molecular flexibility index (Phi) is 4.10. The predicted octanol–water partition coefficient (Wildman–Crippen LogP) is 1.30. The molecule has 104 valence electrons. The first-order valence-electron chi connectivity index (χ1n) is 6.38. The summed E-state index contributed by atoms with van der Waals surface area (Å²) >= 11 is 0. The zero-order valence-electron chi connectivity index (χ0n) is 10.9. The Morgan fingerprint density at radius 1 is 1.63 bits per heavy atom. The molecule has 1 heterocycles. The Hall–Kier alpha value is -1.96. The molecule has 0 spiro atoms. The van der Waals surface area contributed by atoms with Crippen LogP contribution in [0.1, 0.15) is 26.2 Å². The summed E-state index contributed by atoms with van der Waals surface area (Å²) in [6.45, 7) is 3.41. The third-order valence-corrected chi connectivity index (χ3v) is 3.46. The van der Waals surface area contributed by atoms with Crippen molar-refractivity contribution < 1.29 is 4.92 Å². The number of anilines is 2. The van der Waals surface area contributed by atoms with Crippen LogP contribution in [0.3, 0.4) is 0 Å². The predicted molar refractivity (Wildman–Crippen MR) is 71.7 cm³/mol. The van der Waals surface area contributed by atoms with E-state index in [1.165, 1.54) is 25.5 Å². The molecule has 1 aliphatic rings. The monoisotopic (exact) mass is 266 g/mol. The molecule has 1 aliphatic carbocycles. The van der Waals surface area contributed by atoms with Gasteiger partial charge in [-0.3, -0.25) is 15.5 Å². The van der Waals surface area contributed by atoms with Gasteiger partial charge in [0.1, 0.15) is 6.20 Å². The van der Waals surface area contributed by atoms with Crippen LogP contribution in [0.15, 0.2) is 6.20 Å². The van der Waals surface area contributed by atoms with Crippen LogP contribution in [0.4, 0.5) is 17.5 Å². The van der Waals surface area contributed by atoms with Crippen molar-refractivity contribution in [2.24, 2.45) is 11.8 Å². The number of hydrogen-bond donors (Lipinski definition) is 2. The number of nitro groups is 1. The first-order chi connectivity index (χ1) is 9.15. The van der Waals surface area contributed by atoms with Crippen molar-refractivity contribution in [2.45, 2.75) is 26.2 Å². The average Bonchev–Trinajstić information content (AvgIpc) is 2.37. The van der Waals surface area contributed by atoms with Crippen LogP contribution in [0, 0.1) is 16.0 Å². The van der Waals surface area contributed by atoms with E-state index >= 15 is 0 Å². The number of rotatable bonds is 6. The molecule has 0 unspecified atom stereocenters. The fraction of sp³-hybridized carbons (Fsp3) is 0.636. The minimum absolute atomic E-state index is 0.0832. The molecule has 0 aromatic carbocycles. The number of hydrazine groups is 1. The van der Waals surface area contributed by atoms with Crippen LogP contribution in [0.2, 0.25) is 0 Å². The second-order valence-corrected chi connectivity index (χ2v) is 4.64. The summed E-state index contributed by atoms with van der Waals surface area (Å²) in [5.74, 6) is 6.39. The molecule has 0 amide bonds. The largest absolute Gasteiger partial charge is 0.351 e. The Labute approximate surface area is 111 Å². The van der Waals surface area contributed by atoms with Crippen LogP contribution in [-0.2, 0) is 0 Å². The second-order valence-electron chi connectivity index (χ2n) is 4.64. The number of nitrogens with two attached hydrogens (primary N) is 1. The lowest BCUT2D eigenvalue weighted by molar-refractivity contribution is -0.384. The van der Waals surface area contributed by atoms with Crippen LogP contribution in [0.5, 0.6) is 0 Å². The summed E-state index contributed by atoms with van der Waals surface area (Å²) in [6, 6.07) is 0. The molecule has 0 radical (unpaired) electrons. The van der Waals surface area contributed by atoms with Crippen molar-refractivity contribution in [1.29, 1.82) is 0 Å². The van der Waals surface area contributed by atoms with E-state index in [9.17, 15) is 10.1 Å². The molecule has 1 fully saturated rings. The van der Waals surface area contributed by atoms with Gasteiger partial charge >= 0.3 is 5.69 Å². The first kappa shape index (κ1) is 13.5. The topological polar surface area (TPSA) is 110 Å². The lowest BCUT2D eigenvalue weighted by Gasteiger charge is -2.32. The Balaban J connectivity index is 2.29. The van der Waals surface area contributed by atoms with Crippen LogP contribution in [0.25, 0.3) is 0 Å².